The number of hydrogen-bond donors (Lipinski definition) is 2. The average molecular weight is 314 g/mol. The van der Waals surface area contributed by atoms with Crippen LogP contribution in [0.5, 0.6) is 0 Å². The molecule has 5 heteroatoms. The lowest BCUT2D eigenvalue weighted by Crippen LogP contribution is -2.13. The predicted octanol–water partition coefficient (Wildman–Crippen LogP) is 3.90. The van der Waals surface area contributed by atoms with Crippen molar-refractivity contribution >= 4 is 18.2 Å². The Morgan fingerprint density at radius 1 is 0.864 bits per heavy atom. The van der Waals surface area contributed by atoms with Gasteiger partial charge in [0, 0.05) is 19.3 Å². The van der Waals surface area contributed by atoms with Gasteiger partial charge in [-0.25, -0.2) is 0 Å². The van der Waals surface area contributed by atoms with E-state index in [1.165, 1.54) is 0 Å². The van der Waals surface area contributed by atoms with E-state index in [0.717, 1.165) is 57.7 Å². The van der Waals surface area contributed by atoms with Gasteiger partial charge in [-0.05, 0) is 37.5 Å². The lowest BCUT2D eigenvalue weighted by atomic mass is 9.86. The SMILES string of the molecule is CCCC(CCC(CCCCCC=O)CC(=O)O)CC(=O)O. The normalized spacial score (nSPS) is 13.5. The summed E-state index contributed by atoms with van der Waals surface area (Å²) in [4.78, 5) is 32.1. The third-order valence-electron chi connectivity index (χ3n) is 4.04. The molecule has 2 N–H and O–H groups in total. The molecule has 0 saturated carbocycles. The van der Waals surface area contributed by atoms with Crippen LogP contribution < -0.4 is 0 Å². The maximum absolute atomic E-state index is 11.0. The number of aliphatic carboxylic acids is 2. The summed E-state index contributed by atoms with van der Waals surface area (Å²) in [6, 6.07) is 0. The molecular formula is C17H30O5. The average Bonchev–Trinajstić information content (AvgIpc) is 2.43. The van der Waals surface area contributed by atoms with Crippen LogP contribution >= 0.6 is 0 Å². The number of carbonyl (C=O) groups excluding carboxylic acids is 1. The number of carbonyl (C=O) groups is 3. The standard InChI is InChI=1S/C17H30O5/c1-2-7-14(12-16(19)20)9-10-15(13-17(21)22)8-5-3-4-6-11-18/h11,14-15H,2-10,12-13H2,1H3,(H,19,20)(H,21,22). The second kappa shape index (κ2) is 13.3. The Bertz CT molecular complexity index is 327. The lowest BCUT2D eigenvalue weighted by molar-refractivity contribution is -0.139. The molecule has 0 aromatic heterocycles. The van der Waals surface area contributed by atoms with Crippen molar-refractivity contribution in [1.82, 2.24) is 0 Å². The van der Waals surface area contributed by atoms with E-state index in [1.54, 1.807) is 0 Å². The van der Waals surface area contributed by atoms with E-state index in [-0.39, 0.29) is 24.7 Å². The van der Waals surface area contributed by atoms with Crippen LogP contribution in [-0.4, -0.2) is 28.4 Å². The highest BCUT2D eigenvalue weighted by atomic mass is 16.4. The largest absolute Gasteiger partial charge is 0.481 e. The lowest BCUT2D eigenvalue weighted by Gasteiger charge is -2.19. The summed E-state index contributed by atoms with van der Waals surface area (Å²) in [5, 5.41) is 17.9. The summed E-state index contributed by atoms with van der Waals surface area (Å²) >= 11 is 0. The monoisotopic (exact) mass is 314 g/mol. The molecule has 0 spiro atoms. The number of carboxylic acids is 2. The smallest absolute Gasteiger partial charge is 0.303 e. The molecule has 2 atom stereocenters. The quantitative estimate of drug-likeness (QED) is 0.353. The molecule has 22 heavy (non-hydrogen) atoms. The molecule has 0 aromatic carbocycles. The van der Waals surface area contributed by atoms with Crippen LogP contribution in [0.1, 0.15) is 77.6 Å². The molecule has 0 saturated heterocycles. The topological polar surface area (TPSA) is 91.7 Å². The molecule has 0 rings (SSSR count). The molecule has 0 fully saturated rings. The second-order valence-corrected chi connectivity index (χ2v) is 6.10. The van der Waals surface area contributed by atoms with Gasteiger partial charge < -0.3 is 15.0 Å². The van der Waals surface area contributed by atoms with Crippen molar-refractivity contribution in [3.05, 3.63) is 0 Å². The van der Waals surface area contributed by atoms with Crippen molar-refractivity contribution in [3.8, 4) is 0 Å². The number of aldehydes is 1. The fourth-order valence-corrected chi connectivity index (χ4v) is 2.91. The first-order chi connectivity index (χ1) is 10.5. The first-order valence-electron chi connectivity index (χ1n) is 8.36. The number of unbranched alkanes of at least 4 members (excludes halogenated alkanes) is 3. The summed E-state index contributed by atoms with van der Waals surface area (Å²) in [7, 11) is 0. The van der Waals surface area contributed by atoms with Gasteiger partial charge in [0.15, 0.2) is 0 Å². The number of rotatable bonds is 15. The van der Waals surface area contributed by atoms with E-state index >= 15 is 0 Å². The van der Waals surface area contributed by atoms with Gasteiger partial charge in [-0.1, -0.05) is 32.6 Å². The van der Waals surface area contributed by atoms with Crippen LogP contribution in [0.3, 0.4) is 0 Å². The summed E-state index contributed by atoms with van der Waals surface area (Å²) in [5.41, 5.74) is 0. The summed E-state index contributed by atoms with van der Waals surface area (Å²) in [6.45, 7) is 2.04. The van der Waals surface area contributed by atoms with Crippen molar-refractivity contribution in [1.29, 1.82) is 0 Å². The van der Waals surface area contributed by atoms with E-state index in [2.05, 4.69) is 0 Å². The van der Waals surface area contributed by atoms with E-state index in [9.17, 15) is 14.4 Å². The predicted molar refractivity (Wildman–Crippen MR) is 84.8 cm³/mol. The van der Waals surface area contributed by atoms with Gasteiger partial charge in [-0.3, -0.25) is 9.59 Å². The summed E-state index contributed by atoms with van der Waals surface area (Å²) in [6.07, 6.45) is 8.79. The van der Waals surface area contributed by atoms with E-state index < -0.39 is 11.9 Å². The van der Waals surface area contributed by atoms with Crippen molar-refractivity contribution in [3.63, 3.8) is 0 Å². The van der Waals surface area contributed by atoms with Gasteiger partial charge in [0.05, 0.1) is 0 Å². The fourth-order valence-electron chi connectivity index (χ4n) is 2.91. The molecule has 0 aliphatic rings. The van der Waals surface area contributed by atoms with Crippen molar-refractivity contribution in [2.75, 3.05) is 0 Å². The van der Waals surface area contributed by atoms with Crippen molar-refractivity contribution in [2.24, 2.45) is 11.8 Å². The minimum atomic E-state index is -0.789. The molecule has 128 valence electrons. The van der Waals surface area contributed by atoms with Crippen LogP contribution in [-0.2, 0) is 14.4 Å². The van der Waals surface area contributed by atoms with Gasteiger partial charge in [-0.2, -0.15) is 0 Å². The highest BCUT2D eigenvalue weighted by Crippen LogP contribution is 2.25. The molecule has 0 aromatic rings. The Morgan fingerprint density at radius 3 is 1.86 bits per heavy atom. The first-order valence-corrected chi connectivity index (χ1v) is 8.36. The zero-order chi connectivity index (χ0) is 16.8. The van der Waals surface area contributed by atoms with Gasteiger partial charge in [0.2, 0.25) is 0 Å². The van der Waals surface area contributed by atoms with Gasteiger partial charge in [-0.15, -0.1) is 0 Å². The van der Waals surface area contributed by atoms with Crippen molar-refractivity contribution < 1.29 is 24.6 Å². The second-order valence-electron chi connectivity index (χ2n) is 6.10. The van der Waals surface area contributed by atoms with Crippen LogP contribution in [0.25, 0.3) is 0 Å². The van der Waals surface area contributed by atoms with Crippen LogP contribution in [0.4, 0.5) is 0 Å². The van der Waals surface area contributed by atoms with Crippen molar-refractivity contribution in [2.45, 2.75) is 77.6 Å². The maximum atomic E-state index is 11.0. The minimum absolute atomic E-state index is 0.113. The molecule has 0 heterocycles. The Hall–Kier alpha value is -1.39. The molecular weight excluding hydrogens is 284 g/mol. The summed E-state index contributed by atoms with van der Waals surface area (Å²) in [5.74, 6) is -1.30. The van der Waals surface area contributed by atoms with Gasteiger partial charge in [0.1, 0.15) is 6.29 Å². The maximum Gasteiger partial charge on any atom is 0.303 e. The van der Waals surface area contributed by atoms with Crippen LogP contribution in [0.15, 0.2) is 0 Å². The molecule has 5 nitrogen and oxygen atoms in total. The molecule has 0 aliphatic heterocycles. The Kier molecular flexibility index (Phi) is 12.4. The van der Waals surface area contributed by atoms with Crippen LogP contribution in [0.2, 0.25) is 0 Å². The Morgan fingerprint density at radius 2 is 1.41 bits per heavy atom. The zero-order valence-corrected chi connectivity index (χ0v) is 13.6. The fraction of sp³-hybridized carbons (Fsp3) is 0.824. The number of hydrogen-bond acceptors (Lipinski definition) is 3. The molecule has 0 amide bonds. The van der Waals surface area contributed by atoms with E-state index in [4.69, 9.17) is 10.2 Å². The van der Waals surface area contributed by atoms with E-state index in [1.807, 2.05) is 6.92 Å². The molecule has 2 unspecified atom stereocenters. The number of carboxylic acid groups (broad SMARTS) is 2. The molecule has 0 aliphatic carbocycles. The third kappa shape index (κ3) is 12.4. The van der Waals surface area contributed by atoms with Gasteiger partial charge in [0.25, 0.3) is 0 Å². The minimum Gasteiger partial charge on any atom is -0.481 e. The Labute approximate surface area is 133 Å². The highest BCUT2D eigenvalue weighted by molar-refractivity contribution is 5.67. The first kappa shape index (κ1) is 20.6. The highest BCUT2D eigenvalue weighted by Gasteiger charge is 2.18. The third-order valence-corrected chi connectivity index (χ3v) is 4.04. The molecule has 0 radical (unpaired) electrons. The zero-order valence-electron chi connectivity index (χ0n) is 13.6. The summed E-state index contributed by atoms with van der Waals surface area (Å²) < 4.78 is 0. The van der Waals surface area contributed by atoms with Gasteiger partial charge >= 0.3 is 11.9 Å². The van der Waals surface area contributed by atoms with Crippen LogP contribution in [0, 0.1) is 11.8 Å². The van der Waals surface area contributed by atoms with E-state index in [0.29, 0.717) is 6.42 Å². The molecule has 0 bridgehead atoms. The Balaban J connectivity index is 4.21.